The van der Waals surface area contributed by atoms with Gasteiger partial charge in [-0.15, -0.1) is 0 Å². The molecule has 92 valence electrons. The second kappa shape index (κ2) is 5.31. The molecule has 0 fully saturated rings. The Balaban J connectivity index is 1.80. The summed E-state index contributed by atoms with van der Waals surface area (Å²) < 4.78 is 0. The third-order valence-corrected chi connectivity index (χ3v) is 2.80. The fourth-order valence-electron chi connectivity index (χ4n) is 1.85. The summed E-state index contributed by atoms with van der Waals surface area (Å²) in [7, 11) is 0. The molecule has 0 aliphatic heterocycles. The standard InChI is InChI=1S/C16H13N3/c1-2-5-13(6-3-1)14-8-9-16(18-11-14)19-15-7-4-10-17-12-15/h1-12H,(H,18,19). The largest absolute Gasteiger partial charge is 0.339 e. The number of hydrogen-bond donors (Lipinski definition) is 1. The number of pyridine rings is 2. The molecule has 0 unspecified atom stereocenters. The van der Waals surface area contributed by atoms with Gasteiger partial charge in [-0.25, -0.2) is 4.98 Å². The van der Waals surface area contributed by atoms with Crippen molar-refractivity contribution in [3.05, 3.63) is 73.2 Å². The average molecular weight is 247 g/mol. The van der Waals surface area contributed by atoms with Gasteiger partial charge in [-0.3, -0.25) is 4.98 Å². The van der Waals surface area contributed by atoms with E-state index >= 15 is 0 Å². The zero-order valence-corrected chi connectivity index (χ0v) is 10.3. The first-order valence-electron chi connectivity index (χ1n) is 6.10. The van der Waals surface area contributed by atoms with Gasteiger partial charge in [-0.05, 0) is 29.8 Å². The first-order chi connectivity index (χ1) is 9.42. The maximum Gasteiger partial charge on any atom is 0.130 e. The van der Waals surface area contributed by atoms with E-state index in [2.05, 4.69) is 33.5 Å². The Hall–Kier alpha value is -2.68. The molecule has 1 N–H and O–H groups in total. The predicted molar refractivity (Wildman–Crippen MR) is 77.2 cm³/mol. The molecule has 2 heterocycles. The van der Waals surface area contributed by atoms with Crippen molar-refractivity contribution in [2.24, 2.45) is 0 Å². The van der Waals surface area contributed by atoms with Gasteiger partial charge in [0.25, 0.3) is 0 Å². The lowest BCUT2D eigenvalue weighted by Gasteiger charge is -2.06. The van der Waals surface area contributed by atoms with E-state index in [1.54, 1.807) is 12.4 Å². The minimum atomic E-state index is 0.813. The molecule has 0 atom stereocenters. The first kappa shape index (κ1) is 11.4. The van der Waals surface area contributed by atoms with Crippen molar-refractivity contribution >= 4 is 11.5 Å². The fourth-order valence-corrected chi connectivity index (χ4v) is 1.85. The molecule has 0 saturated carbocycles. The molecule has 3 aromatic rings. The first-order valence-corrected chi connectivity index (χ1v) is 6.10. The second-order valence-corrected chi connectivity index (χ2v) is 4.16. The normalized spacial score (nSPS) is 10.1. The van der Waals surface area contributed by atoms with Crippen LogP contribution in [0.5, 0.6) is 0 Å². The van der Waals surface area contributed by atoms with E-state index < -0.39 is 0 Å². The van der Waals surface area contributed by atoms with Gasteiger partial charge in [0, 0.05) is 18.0 Å². The molecule has 0 amide bonds. The van der Waals surface area contributed by atoms with Crippen LogP contribution in [-0.2, 0) is 0 Å². The molecular weight excluding hydrogens is 234 g/mol. The Labute approximate surface area is 112 Å². The quantitative estimate of drug-likeness (QED) is 0.763. The van der Waals surface area contributed by atoms with Gasteiger partial charge in [-0.1, -0.05) is 30.3 Å². The maximum atomic E-state index is 4.41. The van der Waals surface area contributed by atoms with E-state index in [1.165, 1.54) is 5.56 Å². The SMILES string of the molecule is c1ccc(-c2ccc(Nc3cccnc3)nc2)cc1. The van der Waals surface area contributed by atoms with Crippen LogP contribution in [0, 0.1) is 0 Å². The lowest BCUT2D eigenvalue weighted by molar-refractivity contribution is 1.28. The molecule has 0 aliphatic rings. The summed E-state index contributed by atoms with van der Waals surface area (Å²) in [5.74, 6) is 0.813. The van der Waals surface area contributed by atoms with Crippen LogP contribution in [0.4, 0.5) is 11.5 Å². The van der Waals surface area contributed by atoms with Crippen LogP contribution in [0.3, 0.4) is 0 Å². The Morgan fingerprint density at radius 1 is 0.737 bits per heavy atom. The van der Waals surface area contributed by atoms with Crippen LogP contribution in [0.25, 0.3) is 11.1 Å². The predicted octanol–water partition coefficient (Wildman–Crippen LogP) is 3.89. The van der Waals surface area contributed by atoms with Crippen LogP contribution < -0.4 is 5.32 Å². The van der Waals surface area contributed by atoms with E-state index in [1.807, 2.05) is 42.6 Å². The molecule has 1 aromatic carbocycles. The highest BCUT2D eigenvalue weighted by Crippen LogP contribution is 2.20. The number of benzene rings is 1. The number of anilines is 2. The Morgan fingerprint density at radius 3 is 2.32 bits per heavy atom. The summed E-state index contributed by atoms with van der Waals surface area (Å²) in [4.78, 5) is 8.47. The summed E-state index contributed by atoms with van der Waals surface area (Å²) >= 11 is 0. The third-order valence-electron chi connectivity index (χ3n) is 2.80. The van der Waals surface area contributed by atoms with E-state index in [4.69, 9.17) is 0 Å². The van der Waals surface area contributed by atoms with Crippen LogP contribution in [0.15, 0.2) is 73.2 Å². The monoisotopic (exact) mass is 247 g/mol. The fraction of sp³-hybridized carbons (Fsp3) is 0. The zero-order valence-electron chi connectivity index (χ0n) is 10.3. The van der Waals surface area contributed by atoms with Gasteiger partial charge >= 0.3 is 0 Å². The number of hydrogen-bond acceptors (Lipinski definition) is 3. The molecule has 0 aliphatic carbocycles. The average Bonchev–Trinajstić information content (AvgIpc) is 2.50. The molecule has 19 heavy (non-hydrogen) atoms. The van der Waals surface area contributed by atoms with E-state index in [9.17, 15) is 0 Å². The summed E-state index contributed by atoms with van der Waals surface area (Å²) in [6.07, 6.45) is 5.39. The van der Waals surface area contributed by atoms with Crippen LogP contribution in [-0.4, -0.2) is 9.97 Å². The van der Waals surface area contributed by atoms with Crippen molar-refractivity contribution in [3.63, 3.8) is 0 Å². The molecule has 0 radical (unpaired) electrons. The Kier molecular flexibility index (Phi) is 3.19. The summed E-state index contributed by atoms with van der Waals surface area (Å²) in [5, 5.41) is 3.21. The summed E-state index contributed by atoms with van der Waals surface area (Å²) in [6.45, 7) is 0. The van der Waals surface area contributed by atoms with Gasteiger partial charge < -0.3 is 5.32 Å². The van der Waals surface area contributed by atoms with E-state index in [0.29, 0.717) is 0 Å². The van der Waals surface area contributed by atoms with Crippen LogP contribution in [0.2, 0.25) is 0 Å². The topological polar surface area (TPSA) is 37.8 Å². The molecule has 2 aromatic heterocycles. The Bertz CT molecular complexity index is 634. The van der Waals surface area contributed by atoms with Crippen molar-refractivity contribution in [1.29, 1.82) is 0 Å². The van der Waals surface area contributed by atoms with Crippen LogP contribution >= 0.6 is 0 Å². The van der Waals surface area contributed by atoms with Crippen molar-refractivity contribution in [3.8, 4) is 11.1 Å². The third kappa shape index (κ3) is 2.77. The lowest BCUT2D eigenvalue weighted by atomic mass is 10.1. The molecule has 0 saturated heterocycles. The maximum absolute atomic E-state index is 4.41. The molecular formula is C16H13N3. The van der Waals surface area contributed by atoms with Crippen molar-refractivity contribution in [2.45, 2.75) is 0 Å². The number of nitrogens with zero attached hydrogens (tertiary/aromatic N) is 2. The van der Waals surface area contributed by atoms with Gasteiger partial charge in [0.05, 0.1) is 11.9 Å². The van der Waals surface area contributed by atoms with Gasteiger partial charge in [0.2, 0.25) is 0 Å². The highest BCUT2D eigenvalue weighted by Gasteiger charge is 1.99. The van der Waals surface area contributed by atoms with Gasteiger partial charge in [0.1, 0.15) is 5.82 Å². The second-order valence-electron chi connectivity index (χ2n) is 4.16. The highest BCUT2D eigenvalue weighted by molar-refractivity contribution is 5.64. The Morgan fingerprint density at radius 2 is 1.63 bits per heavy atom. The molecule has 3 rings (SSSR count). The van der Waals surface area contributed by atoms with Crippen molar-refractivity contribution in [2.75, 3.05) is 5.32 Å². The highest BCUT2D eigenvalue weighted by atomic mass is 15.0. The zero-order chi connectivity index (χ0) is 12.9. The summed E-state index contributed by atoms with van der Waals surface area (Å²) in [5.41, 5.74) is 3.21. The van der Waals surface area contributed by atoms with Crippen LogP contribution in [0.1, 0.15) is 0 Å². The number of nitrogens with one attached hydrogen (secondary N) is 1. The number of rotatable bonds is 3. The lowest BCUT2D eigenvalue weighted by Crippen LogP contribution is -1.93. The van der Waals surface area contributed by atoms with Crippen molar-refractivity contribution < 1.29 is 0 Å². The van der Waals surface area contributed by atoms with Gasteiger partial charge in [0.15, 0.2) is 0 Å². The minimum absolute atomic E-state index is 0.813. The molecule has 0 spiro atoms. The van der Waals surface area contributed by atoms with Crippen molar-refractivity contribution in [1.82, 2.24) is 9.97 Å². The molecule has 3 nitrogen and oxygen atoms in total. The minimum Gasteiger partial charge on any atom is -0.339 e. The van der Waals surface area contributed by atoms with E-state index in [0.717, 1.165) is 17.1 Å². The molecule has 3 heteroatoms. The van der Waals surface area contributed by atoms with Gasteiger partial charge in [-0.2, -0.15) is 0 Å². The summed E-state index contributed by atoms with van der Waals surface area (Å²) in [6, 6.07) is 18.1. The molecule has 0 bridgehead atoms. The number of aromatic nitrogens is 2. The smallest absolute Gasteiger partial charge is 0.130 e. The van der Waals surface area contributed by atoms with E-state index in [-0.39, 0.29) is 0 Å².